The van der Waals surface area contributed by atoms with Gasteiger partial charge in [-0.1, -0.05) is 17.3 Å². The number of sulfonamides is 1. The number of rotatable bonds is 6. The number of nitrogens with one attached hydrogen (secondary N) is 3. The monoisotopic (exact) mass is 494 g/mol. The number of urea groups is 1. The Hall–Kier alpha value is -3.73. The molecule has 0 saturated heterocycles. The molecular weight excluding hydrogens is 468 g/mol. The van der Waals surface area contributed by atoms with Gasteiger partial charge in [-0.25, -0.2) is 22.6 Å². The van der Waals surface area contributed by atoms with Crippen molar-refractivity contribution in [1.29, 1.82) is 0 Å². The largest absolute Gasteiger partial charge is 0.351 e. The molecule has 3 aromatic rings. The number of aryl methyl sites for hydroxylation is 2. The molecule has 0 aliphatic heterocycles. The average Bonchev–Trinajstić information content (AvgIpc) is 3.58. The van der Waals surface area contributed by atoms with Crippen molar-refractivity contribution in [3.8, 4) is 5.69 Å². The standard InChI is InChI=1S/C24H26N6O4S/c1-15(31)25-13-18-14-30(29-27-18)19-7-4-8-20(12-19)35(33,34)28-24(32)26-23-21-9-2-5-16(21)11-17-6-3-10-22(17)23/h4,7-8,11-12,14H,2-3,5-6,9-10,13H2,1H3,(H,25,31)(H2,26,28,32). The van der Waals surface area contributed by atoms with E-state index in [0.717, 1.165) is 55.3 Å². The second-order valence-electron chi connectivity index (χ2n) is 8.86. The van der Waals surface area contributed by atoms with Gasteiger partial charge in [-0.05, 0) is 79.0 Å². The zero-order chi connectivity index (χ0) is 24.6. The normalized spacial score (nSPS) is 14.3. The lowest BCUT2D eigenvalue weighted by Crippen LogP contribution is -2.35. The van der Waals surface area contributed by atoms with E-state index in [4.69, 9.17) is 0 Å². The van der Waals surface area contributed by atoms with Crippen LogP contribution in [0.1, 0.15) is 47.7 Å². The molecule has 11 heteroatoms. The van der Waals surface area contributed by atoms with Gasteiger partial charge in [0, 0.05) is 12.6 Å². The van der Waals surface area contributed by atoms with E-state index in [1.807, 2.05) is 0 Å². The van der Waals surface area contributed by atoms with Crippen LogP contribution in [0.3, 0.4) is 0 Å². The zero-order valence-electron chi connectivity index (χ0n) is 19.3. The maximum absolute atomic E-state index is 13.0. The fourth-order valence-electron chi connectivity index (χ4n) is 4.80. The topological polar surface area (TPSA) is 135 Å². The highest BCUT2D eigenvalue weighted by Crippen LogP contribution is 2.38. The molecule has 0 atom stereocenters. The smallest absolute Gasteiger partial charge is 0.333 e. The van der Waals surface area contributed by atoms with Crippen molar-refractivity contribution < 1.29 is 18.0 Å². The molecule has 2 aliphatic rings. The van der Waals surface area contributed by atoms with Gasteiger partial charge in [0.15, 0.2) is 0 Å². The Balaban J connectivity index is 1.33. The summed E-state index contributed by atoms with van der Waals surface area (Å²) >= 11 is 0. The highest BCUT2D eigenvalue weighted by Gasteiger charge is 2.26. The Morgan fingerprint density at radius 1 is 1.03 bits per heavy atom. The number of carbonyl (C=O) groups excluding carboxylic acids is 2. The van der Waals surface area contributed by atoms with Gasteiger partial charge in [0.05, 0.1) is 23.3 Å². The van der Waals surface area contributed by atoms with Crippen molar-refractivity contribution in [2.75, 3.05) is 5.32 Å². The number of carbonyl (C=O) groups is 2. The van der Waals surface area contributed by atoms with Crippen LogP contribution in [0.25, 0.3) is 5.69 Å². The summed E-state index contributed by atoms with van der Waals surface area (Å²) in [7, 11) is -4.13. The summed E-state index contributed by atoms with van der Waals surface area (Å²) in [6, 6.07) is 7.53. The van der Waals surface area contributed by atoms with Gasteiger partial charge in [0.2, 0.25) is 5.91 Å². The molecule has 0 fully saturated rings. The molecule has 2 aliphatic carbocycles. The third-order valence-electron chi connectivity index (χ3n) is 6.39. The van der Waals surface area contributed by atoms with Crippen LogP contribution in [0.5, 0.6) is 0 Å². The van der Waals surface area contributed by atoms with Crippen LogP contribution < -0.4 is 15.4 Å². The van der Waals surface area contributed by atoms with Crippen LogP contribution in [0.2, 0.25) is 0 Å². The van der Waals surface area contributed by atoms with Crippen molar-refractivity contribution in [1.82, 2.24) is 25.0 Å². The summed E-state index contributed by atoms with van der Waals surface area (Å²) in [5.74, 6) is -0.192. The number of aromatic nitrogens is 3. The second kappa shape index (κ2) is 9.14. The lowest BCUT2D eigenvalue weighted by Gasteiger charge is -2.16. The van der Waals surface area contributed by atoms with E-state index in [0.29, 0.717) is 11.4 Å². The summed E-state index contributed by atoms with van der Waals surface area (Å²) in [5.41, 5.74) is 6.51. The molecule has 0 radical (unpaired) electrons. The summed E-state index contributed by atoms with van der Waals surface area (Å²) in [4.78, 5) is 23.8. The summed E-state index contributed by atoms with van der Waals surface area (Å²) in [6.07, 6.45) is 7.41. The predicted molar refractivity (Wildman–Crippen MR) is 129 cm³/mol. The number of fused-ring (bicyclic) bond motifs is 2. The van der Waals surface area contributed by atoms with Crippen LogP contribution in [-0.2, 0) is 47.0 Å². The molecule has 2 aromatic carbocycles. The number of nitrogens with zero attached hydrogens (tertiary/aromatic N) is 3. The molecule has 0 saturated carbocycles. The van der Waals surface area contributed by atoms with Crippen LogP contribution in [0.15, 0.2) is 41.4 Å². The number of hydrogen-bond donors (Lipinski definition) is 3. The second-order valence-corrected chi connectivity index (χ2v) is 10.5. The fourth-order valence-corrected chi connectivity index (χ4v) is 5.75. The Morgan fingerprint density at radius 2 is 1.74 bits per heavy atom. The summed E-state index contributed by atoms with van der Waals surface area (Å²) < 4.78 is 29.6. The molecule has 0 spiro atoms. The van der Waals surface area contributed by atoms with Crippen molar-refractivity contribution in [2.24, 2.45) is 0 Å². The van der Waals surface area contributed by atoms with Gasteiger partial charge < -0.3 is 10.6 Å². The maximum Gasteiger partial charge on any atom is 0.333 e. The Bertz CT molecular complexity index is 1400. The van der Waals surface area contributed by atoms with E-state index in [9.17, 15) is 18.0 Å². The molecule has 10 nitrogen and oxygen atoms in total. The van der Waals surface area contributed by atoms with Gasteiger partial charge in [-0.15, -0.1) is 5.10 Å². The Labute approximate surface area is 203 Å². The lowest BCUT2D eigenvalue weighted by molar-refractivity contribution is -0.119. The third-order valence-corrected chi connectivity index (χ3v) is 7.72. The minimum Gasteiger partial charge on any atom is -0.351 e. The van der Waals surface area contributed by atoms with Gasteiger partial charge in [0.1, 0.15) is 5.69 Å². The first kappa shape index (κ1) is 23.0. The average molecular weight is 495 g/mol. The number of benzene rings is 2. The molecule has 0 bridgehead atoms. The third kappa shape index (κ3) is 4.76. The first-order valence-electron chi connectivity index (χ1n) is 11.6. The van der Waals surface area contributed by atoms with Crippen LogP contribution >= 0.6 is 0 Å². The number of hydrogen-bond acceptors (Lipinski definition) is 6. The Kier molecular flexibility index (Phi) is 6.01. The zero-order valence-corrected chi connectivity index (χ0v) is 20.1. The molecule has 3 N–H and O–H groups in total. The first-order valence-corrected chi connectivity index (χ1v) is 13.0. The predicted octanol–water partition coefficient (Wildman–Crippen LogP) is 2.39. The molecule has 0 unspecified atom stereocenters. The van der Waals surface area contributed by atoms with Gasteiger partial charge in [-0.2, -0.15) is 0 Å². The maximum atomic E-state index is 13.0. The number of anilines is 1. The minimum atomic E-state index is -4.13. The fraction of sp³-hybridized carbons (Fsp3) is 0.333. The van der Waals surface area contributed by atoms with E-state index < -0.39 is 16.1 Å². The van der Waals surface area contributed by atoms with Crippen molar-refractivity contribution in [3.63, 3.8) is 0 Å². The van der Waals surface area contributed by atoms with Crippen molar-refractivity contribution >= 4 is 27.6 Å². The molecule has 5 rings (SSSR count). The van der Waals surface area contributed by atoms with E-state index in [2.05, 4.69) is 31.7 Å². The molecular formula is C24H26N6O4S. The molecule has 35 heavy (non-hydrogen) atoms. The highest BCUT2D eigenvalue weighted by atomic mass is 32.2. The SMILES string of the molecule is CC(=O)NCc1cn(-c2cccc(S(=O)(=O)NC(=O)Nc3c4c(cc5c3CCC5)CCC4)c2)nn1. The quantitative estimate of drug-likeness (QED) is 0.482. The van der Waals surface area contributed by atoms with Gasteiger partial charge in [0.25, 0.3) is 10.0 Å². The van der Waals surface area contributed by atoms with E-state index in [1.54, 1.807) is 18.3 Å². The first-order chi connectivity index (χ1) is 16.8. The van der Waals surface area contributed by atoms with E-state index in [-0.39, 0.29) is 17.3 Å². The van der Waals surface area contributed by atoms with Crippen molar-refractivity contribution in [2.45, 2.75) is 56.9 Å². The van der Waals surface area contributed by atoms with Crippen molar-refractivity contribution in [3.05, 3.63) is 64.5 Å². The summed E-state index contributed by atoms with van der Waals surface area (Å²) in [5, 5.41) is 13.4. The van der Waals surface area contributed by atoms with E-state index in [1.165, 1.54) is 34.9 Å². The van der Waals surface area contributed by atoms with E-state index >= 15 is 0 Å². The summed E-state index contributed by atoms with van der Waals surface area (Å²) in [6.45, 7) is 1.61. The van der Waals surface area contributed by atoms with Crippen LogP contribution in [0, 0.1) is 0 Å². The number of amides is 3. The molecule has 1 aromatic heterocycles. The molecule has 182 valence electrons. The molecule has 1 heterocycles. The van der Waals surface area contributed by atoms with Crippen LogP contribution in [0.4, 0.5) is 10.5 Å². The van der Waals surface area contributed by atoms with Gasteiger partial charge >= 0.3 is 6.03 Å². The Morgan fingerprint density at radius 3 is 2.43 bits per heavy atom. The lowest BCUT2D eigenvalue weighted by atomic mass is 9.99. The van der Waals surface area contributed by atoms with Crippen LogP contribution in [-0.4, -0.2) is 35.3 Å². The van der Waals surface area contributed by atoms with Gasteiger partial charge in [-0.3, -0.25) is 4.79 Å². The highest BCUT2D eigenvalue weighted by molar-refractivity contribution is 7.90. The molecule has 3 amide bonds. The minimum absolute atomic E-state index is 0.0763.